The molecule has 0 amide bonds. The van der Waals surface area contributed by atoms with Crippen molar-refractivity contribution in [2.24, 2.45) is 0 Å². The molecule has 1 N–H and O–H groups in total. The number of hydrogen-bond donors (Lipinski definition) is 1. The summed E-state index contributed by atoms with van der Waals surface area (Å²) in [6.07, 6.45) is 14.0. The lowest BCUT2D eigenvalue weighted by atomic mass is 10.1. The summed E-state index contributed by atoms with van der Waals surface area (Å²) in [5.41, 5.74) is 0. The van der Waals surface area contributed by atoms with Crippen LogP contribution in [-0.2, 0) is 14.6 Å². The summed E-state index contributed by atoms with van der Waals surface area (Å²) < 4.78 is 35.1. The Morgan fingerprint density at radius 2 is 1.32 bits per heavy atom. The smallest absolute Gasteiger partial charge is 0.263 e. The Labute approximate surface area is 138 Å². The molecule has 1 atom stereocenters. The van der Waals surface area contributed by atoms with E-state index in [0.29, 0.717) is 0 Å². The molecule has 0 aromatic carbocycles. The summed E-state index contributed by atoms with van der Waals surface area (Å²) in [6.45, 7) is 8.18. The first-order valence-electron chi connectivity index (χ1n) is 8.67. The van der Waals surface area contributed by atoms with Gasteiger partial charge in [-0.1, -0.05) is 58.3 Å². The van der Waals surface area contributed by atoms with E-state index in [0.717, 1.165) is 12.6 Å². The van der Waals surface area contributed by atoms with E-state index in [1.165, 1.54) is 57.8 Å². The zero-order chi connectivity index (χ0) is 17.1. The van der Waals surface area contributed by atoms with Gasteiger partial charge in [0.15, 0.2) is 5.85 Å². The van der Waals surface area contributed by atoms with E-state index < -0.39 is 23.5 Å². The van der Waals surface area contributed by atoms with Crippen molar-refractivity contribution >= 4 is 17.7 Å². The Kier molecular flexibility index (Phi) is 11.9. The highest BCUT2D eigenvalue weighted by atomic mass is 32.3. The fourth-order valence-corrected chi connectivity index (χ4v) is 5.49. The van der Waals surface area contributed by atoms with Gasteiger partial charge in [0, 0.05) is 7.26 Å². The van der Waals surface area contributed by atoms with Crippen molar-refractivity contribution < 1.29 is 17.2 Å². The second-order valence-electron chi connectivity index (χ2n) is 6.81. The minimum atomic E-state index is -4.33. The largest absolute Gasteiger partial charge is 0.400 e. The predicted octanol–water partition coefficient (Wildman–Crippen LogP) is 5.35. The molecule has 0 bridgehead atoms. The van der Waals surface area contributed by atoms with Crippen LogP contribution < -0.4 is 0 Å². The molecular formula is C16H36O4PS+. The van der Waals surface area contributed by atoms with Gasteiger partial charge >= 0.3 is 10.4 Å². The van der Waals surface area contributed by atoms with Gasteiger partial charge in [-0.05, 0) is 19.8 Å². The molecule has 0 spiro atoms. The lowest BCUT2D eigenvalue weighted by Crippen LogP contribution is -2.19. The maximum Gasteiger partial charge on any atom is 0.400 e. The van der Waals surface area contributed by atoms with Gasteiger partial charge in [-0.2, -0.15) is 8.42 Å². The van der Waals surface area contributed by atoms with Crippen molar-refractivity contribution in [1.82, 2.24) is 0 Å². The van der Waals surface area contributed by atoms with Gasteiger partial charge < -0.3 is 0 Å². The molecule has 0 saturated heterocycles. The van der Waals surface area contributed by atoms with Crippen LogP contribution in [-0.4, -0.2) is 38.3 Å². The lowest BCUT2D eigenvalue weighted by molar-refractivity contribution is 0.255. The molecule has 22 heavy (non-hydrogen) atoms. The molecule has 4 nitrogen and oxygen atoms in total. The monoisotopic (exact) mass is 355 g/mol. The first-order chi connectivity index (χ1) is 10.2. The number of hydrogen-bond acceptors (Lipinski definition) is 3. The standard InChI is InChI=1S/C16H35O4PS/c1-5-6-7-8-9-10-11-12-13-14-15-21(3,4)16(2)20-22(17,18)19/h16H,5-15H2,1-4H3/p+1. The van der Waals surface area contributed by atoms with Gasteiger partial charge in [0.25, 0.3) is 0 Å². The second-order valence-corrected chi connectivity index (χ2v) is 12.6. The molecule has 0 aromatic heterocycles. The van der Waals surface area contributed by atoms with Crippen LogP contribution in [0.4, 0.5) is 0 Å². The van der Waals surface area contributed by atoms with Gasteiger partial charge in [-0.15, -0.1) is 0 Å². The molecule has 0 aliphatic rings. The summed E-state index contributed by atoms with van der Waals surface area (Å²) in [5, 5.41) is 0. The summed E-state index contributed by atoms with van der Waals surface area (Å²) >= 11 is 0. The van der Waals surface area contributed by atoms with Gasteiger partial charge in [-0.3, -0.25) is 4.55 Å². The van der Waals surface area contributed by atoms with Crippen LogP contribution in [0.3, 0.4) is 0 Å². The van der Waals surface area contributed by atoms with Crippen LogP contribution in [0, 0.1) is 0 Å². The topological polar surface area (TPSA) is 63.6 Å². The molecular weight excluding hydrogens is 319 g/mol. The van der Waals surface area contributed by atoms with Gasteiger partial charge in [0.05, 0.1) is 19.5 Å². The van der Waals surface area contributed by atoms with Crippen molar-refractivity contribution in [2.45, 2.75) is 83.9 Å². The molecule has 0 saturated carbocycles. The fraction of sp³-hybridized carbons (Fsp3) is 1.00. The third-order valence-electron chi connectivity index (χ3n) is 4.33. The van der Waals surface area contributed by atoms with E-state index in [2.05, 4.69) is 20.3 Å². The molecule has 0 aliphatic heterocycles. The SMILES string of the molecule is CCCCCCCCCCCC[P+](C)(C)C(C)OS(=O)(=O)O. The quantitative estimate of drug-likeness (QED) is 0.259. The molecule has 0 rings (SSSR count). The average molecular weight is 356 g/mol. The van der Waals surface area contributed by atoms with Gasteiger partial charge in [-0.25, -0.2) is 4.18 Å². The Hall–Kier alpha value is 0.300. The van der Waals surface area contributed by atoms with Crippen LogP contribution >= 0.6 is 7.26 Å². The molecule has 0 heterocycles. The van der Waals surface area contributed by atoms with E-state index in [-0.39, 0.29) is 0 Å². The van der Waals surface area contributed by atoms with Crippen LogP contribution in [0.2, 0.25) is 0 Å². The minimum Gasteiger partial charge on any atom is -0.263 e. The summed E-state index contributed by atoms with van der Waals surface area (Å²) in [7, 11) is -5.80. The number of unbranched alkanes of at least 4 members (excludes halogenated alkanes) is 9. The van der Waals surface area contributed by atoms with E-state index in [1.54, 1.807) is 6.92 Å². The summed E-state index contributed by atoms with van der Waals surface area (Å²) in [4.78, 5) is 0. The van der Waals surface area contributed by atoms with Crippen molar-refractivity contribution in [3.05, 3.63) is 0 Å². The lowest BCUT2D eigenvalue weighted by Gasteiger charge is -2.23. The van der Waals surface area contributed by atoms with E-state index in [4.69, 9.17) is 8.74 Å². The average Bonchev–Trinajstić information content (AvgIpc) is 2.39. The third-order valence-corrected chi connectivity index (χ3v) is 8.55. The highest BCUT2D eigenvalue weighted by Gasteiger charge is 2.36. The minimum absolute atomic E-state index is 0.402. The number of rotatable bonds is 14. The molecule has 6 heteroatoms. The van der Waals surface area contributed by atoms with Crippen LogP contribution in [0.25, 0.3) is 0 Å². The zero-order valence-electron chi connectivity index (χ0n) is 14.9. The fourth-order valence-electron chi connectivity index (χ4n) is 2.48. The van der Waals surface area contributed by atoms with Crippen molar-refractivity contribution in [2.75, 3.05) is 19.5 Å². The first kappa shape index (κ1) is 22.3. The first-order valence-corrected chi connectivity index (χ1v) is 13.0. The maximum absolute atomic E-state index is 10.8. The highest BCUT2D eigenvalue weighted by molar-refractivity contribution is 7.82. The van der Waals surface area contributed by atoms with E-state index >= 15 is 0 Å². The molecule has 0 fully saturated rings. The van der Waals surface area contributed by atoms with Gasteiger partial charge in [0.2, 0.25) is 0 Å². The summed E-state index contributed by atoms with van der Waals surface area (Å²) in [6, 6.07) is 0. The van der Waals surface area contributed by atoms with Crippen LogP contribution in [0.15, 0.2) is 0 Å². The molecule has 0 aliphatic carbocycles. The van der Waals surface area contributed by atoms with Crippen molar-refractivity contribution in [3.63, 3.8) is 0 Å². The second kappa shape index (κ2) is 11.8. The third kappa shape index (κ3) is 12.8. The Morgan fingerprint density at radius 1 is 0.909 bits per heavy atom. The Bertz CT molecular complexity index is 368. The summed E-state index contributed by atoms with van der Waals surface area (Å²) in [5.74, 6) is -0.402. The Balaban J connectivity index is 3.64. The molecule has 1 unspecified atom stereocenters. The highest BCUT2D eigenvalue weighted by Crippen LogP contribution is 2.57. The van der Waals surface area contributed by atoms with Crippen molar-refractivity contribution in [1.29, 1.82) is 0 Å². The van der Waals surface area contributed by atoms with E-state index in [1.807, 2.05) is 0 Å². The van der Waals surface area contributed by atoms with Crippen molar-refractivity contribution in [3.8, 4) is 0 Å². The Morgan fingerprint density at radius 3 is 1.73 bits per heavy atom. The van der Waals surface area contributed by atoms with Crippen LogP contribution in [0.1, 0.15) is 78.1 Å². The maximum atomic E-state index is 10.8. The predicted molar refractivity (Wildman–Crippen MR) is 97.6 cm³/mol. The van der Waals surface area contributed by atoms with Crippen LogP contribution in [0.5, 0.6) is 0 Å². The molecule has 0 radical (unpaired) electrons. The van der Waals surface area contributed by atoms with Gasteiger partial charge in [0.1, 0.15) is 0 Å². The van der Waals surface area contributed by atoms with E-state index in [9.17, 15) is 8.42 Å². The molecule has 134 valence electrons. The molecule has 0 aromatic rings. The normalized spacial score (nSPS) is 14.2. The zero-order valence-corrected chi connectivity index (χ0v) is 16.6.